The minimum Gasteiger partial charge on any atom is -0.493 e. The standard InChI is InChI=1S/C16H23BrN2O/c1-19(15-5-3-2-4-14(15)18)10-12-9-13(17)8-11-6-7-20-16(11)12/h8-9,14-15H,2-7,10,18H2,1H3. The zero-order valence-corrected chi connectivity index (χ0v) is 13.7. The molecule has 20 heavy (non-hydrogen) atoms. The van der Waals surface area contributed by atoms with Crippen molar-refractivity contribution >= 4 is 15.9 Å². The summed E-state index contributed by atoms with van der Waals surface area (Å²) in [6.07, 6.45) is 5.97. The molecule has 2 atom stereocenters. The SMILES string of the molecule is CN(Cc1cc(Br)cc2c1OCC2)C1CCCCC1N. The van der Waals surface area contributed by atoms with Crippen LogP contribution in [0.4, 0.5) is 0 Å². The first-order valence-electron chi connectivity index (χ1n) is 7.55. The summed E-state index contributed by atoms with van der Waals surface area (Å²) in [5.41, 5.74) is 8.91. The van der Waals surface area contributed by atoms with E-state index in [0.717, 1.165) is 36.2 Å². The predicted molar refractivity (Wildman–Crippen MR) is 85.0 cm³/mol. The van der Waals surface area contributed by atoms with Crippen LogP contribution in [0.2, 0.25) is 0 Å². The largest absolute Gasteiger partial charge is 0.493 e. The highest BCUT2D eigenvalue weighted by Crippen LogP contribution is 2.34. The zero-order chi connectivity index (χ0) is 14.1. The Kier molecular flexibility index (Phi) is 4.34. The summed E-state index contributed by atoms with van der Waals surface area (Å²) < 4.78 is 6.97. The molecule has 110 valence electrons. The fourth-order valence-corrected chi connectivity index (χ4v) is 4.09. The highest BCUT2D eigenvalue weighted by molar-refractivity contribution is 9.10. The lowest BCUT2D eigenvalue weighted by molar-refractivity contribution is 0.161. The number of benzene rings is 1. The lowest BCUT2D eigenvalue weighted by Gasteiger charge is -2.36. The van der Waals surface area contributed by atoms with Crippen molar-refractivity contribution in [2.24, 2.45) is 5.73 Å². The van der Waals surface area contributed by atoms with Crippen molar-refractivity contribution in [3.05, 3.63) is 27.7 Å². The molecule has 1 aliphatic carbocycles. The van der Waals surface area contributed by atoms with Gasteiger partial charge in [-0.15, -0.1) is 0 Å². The van der Waals surface area contributed by atoms with Crippen LogP contribution in [0.5, 0.6) is 5.75 Å². The molecule has 2 aliphatic rings. The van der Waals surface area contributed by atoms with E-state index in [1.807, 2.05) is 0 Å². The molecular formula is C16H23BrN2O. The highest BCUT2D eigenvalue weighted by Gasteiger charge is 2.27. The third kappa shape index (κ3) is 2.87. The van der Waals surface area contributed by atoms with Crippen molar-refractivity contribution in [2.45, 2.75) is 50.7 Å². The molecule has 0 radical (unpaired) electrons. The smallest absolute Gasteiger partial charge is 0.127 e. The Morgan fingerprint density at radius 2 is 2.15 bits per heavy atom. The van der Waals surface area contributed by atoms with E-state index >= 15 is 0 Å². The first kappa shape index (κ1) is 14.4. The number of hydrogen-bond acceptors (Lipinski definition) is 3. The van der Waals surface area contributed by atoms with Crippen LogP contribution in [0, 0.1) is 0 Å². The van der Waals surface area contributed by atoms with Crippen LogP contribution in [0.25, 0.3) is 0 Å². The summed E-state index contributed by atoms with van der Waals surface area (Å²) in [6.45, 7) is 1.73. The normalized spacial score (nSPS) is 25.6. The number of halogens is 1. The van der Waals surface area contributed by atoms with Crippen molar-refractivity contribution in [1.82, 2.24) is 4.90 Å². The summed E-state index contributed by atoms with van der Waals surface area (Å²) in [7, 11) is 2.19. The maximum Gasteiger partial charge on any atom is 0.127 e. The van der Waals surface area contributed by atoms with Gasteiger partial charge in [0.05, 0.1) is 6.61 Å². The van der Waals surface area contributed by atoms with Crippen molar-refractivity contribution in [3.63, 3.8) is 0 Å². The van der Waals surface area contributed by atoms with Gasteiger partial charge in [-0.25, -0.2) is 0 Å². The van der Waals surface area contributed by atoms with Crippen molar-refractivity contribution < 1.29 is 4.74 Å². The van der Waals surface area contributed by atoms with Crippen LogP contribution < -0.4 is 10.5 Å². The van der Waals surface area contributed by atoms with Gasteiger partial charge >= 0.3 is 0 Å². The van der Waals surface area contributed by atoms with Gasteiger partial charge in [-0.3, -0.25) is 4.90 Å². The second-order valence-electron chi connectivity index (χ2n) is 6.08. The van der Waals surface area contributed by atoms with Gasteiger partial charge in [0.2, 0.25) is 0 Å². The molecule has 2 unspecified atom stereocenters. The zero-order valence-electron chi connectivity index (χ0n) is 12.1. The van der Waals surface area contributed by atoms with Gasteiger partial charge in [0.1, 0.15) is 5.75 Å². The molecule has 1 aromatic rings. The summed E-state index contributed by atoms with van der Waals surface area (Å²) in [5, 5.41) is 0. The molecule has 1 aromatic carbocycles. The lowest BCUT2D eigenvalue weighted by Crippen LogP contribution is -2.47. The van der Waals surface area contributed by atoms with Gasteiger partial charge in [-0.1, -0.05) is 28.8 Å². The number of nitrogens with zero attached hydrogens (tertiary/aromatic N) is 1. The number of rotatable bonds is 3. The molecule has 0 aromatic heterocycles. The molecule has 3 nitrogen and oxygen atoms in total. The topological polar surface area (TPSA) is 38.5 Å². The number of hydrogen-bond donors (Lipinski definition) is 1. The Bertz CT molecular complexity index is 492. The molecule has 1 heterocycles. The third-order valence-corrected chi connectivity index (χ3v) is 5.05. The first-order chi connectivity index (χ1) is 9.65. The van der Waals surface area contributed by atoms with Gasteiger partial charge in [0, 0.05) is 35.1 Å². The lowest BCUT2D eigenvalue weighted by atomic mass is 9.90. The Morgan fingerprint density at radius 1 is 1.35 bits per heavy atom. The summed E-state index contributed by atoms with van der Waals surface area (Å²) in [5.74, 6) is 1.10. The molecule has 0 saturated heterocycles. The molecule has 0 bridgehead atoms. The van der Waals surface area contributed by atoms with E-state index in [2.05, 4.69) is 40.0 Å². The summed E-state index contributed by atoms with van der Waals surface area (Å²) in [6, 6.07) is 5.18. The van der Waals surface area contributed by atoms with Crippen LogP contribution in [0.3, 0.4) is 0 Å². The average molecular weight is 339 g/mol. The number of fused-ring (bicyclic) bond motifs is 1. The summed E-state index contributed by atoms with van der Waals surface area (Å²) >= 11 is 3.61. The average Bonchev–Trinajstić information content (AvgIpc) is 2.87. The van der Waals surface area contributed by atoms with Gasteiger partial charge in [-0.05, 0) is 37.6 Å². The van der Waals surface area contributed by atoms with Gasteiger partial charge in [0.15, 0.2) is 0 Å². The van der Waals surface area contributed by atoms with Crippen LogP contribution >= 0.6 is 15.9 Å². The van der Waals surface area contributed by atoms with Crippen LogP contribution in [-0.4, -0.2) is 30.6 Å². The highest BCUT2D eigenvalue weighted by atomic mass is 79.9. The predicted octanol–water partition coefficient (Wildman–Crippen LogP) is 3.09. The Labute approximate surface area is 129 Å². The van der Waals surface area contributed by atoms with Crippen LogP contribution in [-0.2, 0) is 13.0 Å². The van der Waals surface area contributed by atoms with E-state index in [9.17, 15) is 0 Å². The van der Waals surface area contributed by atoms with E-state index in [1.165, 1.54) is 30.4 Å². The van der Waals surface area contributed by atoms with Crippen molar-refractivity contribution in [2.75, 3.05) is 13.7 Å². The fraction of sp³-hybridized carbons (Fsp3) is 0.625. The molecule has 3 rings (SSSR count). The number of nitrogens with two attached hydrogens (primary N) is 1. The van der Waals surface area contributed by atoms with Crippen LogP contribution in [0.15, 0.2) is 16.6 Å². The van der Waals surface area contributed by atoms with Crippen molar-refractivity contribution in [3.8, 4) is 5.75 Å². The fourth-order valence-electron chi connectivity index (χ4n) is 3.54. The monoisotopic (exact) mass is 338 g/mol. The van der Waals surface area contributed by atoms with E-state index in [4.69, 9.17) is 10.5 Å². The van der Waals surface area contributed by atoms with Gasteiger partial charge in [0.25, 0.3) is 0 Å². The maximum absolute atomic E-state index is 6.29. The number of ether oxygens (including phenoxy) is 1. The summed E-state index contributed by atoms with van der Waals surface area (Å²) in [4.78, 5) is 2.41. The maximum atomic E-state index is 6.29. The molecular weight excluding hydrogens is 316 g/mol. The minimum atomic E-state index is 0.315. The molecule has 0 spiro atoms. The van der Waals surface area contributed by atoms with Gasteiger partial charge < -0.3 is 10.5 Å². The minimum absolute atomic E-state index is 0.315. The quantitative estimate of drug-likeness (QED) is 0.920. The Morgan fingerprint density at radius 3 is 2.95 bits per heavy atom. The molecule has 0 amide bonds. The molecule has 1 fully saturated rings. The van der Waals surface area contributed by atoms with E-state index < -0.39 is 0 Å². The molecule has 1 aliphatic heterocycles. The first-order valence-corrected chi connectivity index (χ1v) is 8.34. The Balaban J connectivity index is 1.77. The second-order valence-corrected chi connectivity index (χ2v) is 7.00. The molecule has 1 saturated carbocycles. The van der Waals surface area contributed by atoms with Gasteiger partial charge in [-0.2, -0.15) is 0 Å². The van der Waals surface area contributed by atoms with E-state index in [0.29, 0.717) is 12.1 Å². The van der Waals surface area contributed by atoms with E-state index in [-0.39, 0.29) is 0 Å². The van der Waals surface area contributed by atoms with E-state index in [1.54, 1.807) is 0 Å². The molecule has 2 N–H and O–H groups in total. The second kappa shape index (κ2) is 6.04. The number of likely N-dealkylation sites (N-methyl/N-ethyl adjacent to an activating group) is 1. The van der Waals surface area contributed by atoms with Crippen molar-refractivity contribution in [1.29, 1.82) is 0 Å². The van der Waals surface area contributed by atoms with Crippen LogP contribution in [0.1, 0.15) is 36.8 Å². The third-order valence-electron chi connectivity index (χ3n) is 4.59. The molecule has 4 heteroatoms. The Hall–Kier alpha value is -0.580.